The highest BCUT2D eigenvalue weighted by Gasteiger charge is 2.27. The Morgan fingerprint density at radius 1 is 1.20 bits per heavy atom. The van der Waals surface area contributed by atoms with Crippen molar-refractivity contribution in [2.75, 3.05) is 26.9 Å². The first-order valence-corrected chi connectivity index (χ1v) is 10.6. The van der Waals surface area contributed by atoms with Gasteiger partial charge in [0, 0.05) is 0 Å². The summed E-state index contributed by atoms with van der Waals surface area (Å²) in [6.45, 7) is -0.321. The molecule has 12 heteroatoms. The lowest BCUT2D eigenvalue weighted by Crippen LogP contribution is -2.45. The van der Waals surface area contributed by atoms with Gasteiger partial charge in [0.2, 0.25) is 11.7 Å². The molecule has 4 rings (SSSR count). The van der Waals surface area contributed by atoms with E-state index < -0.39 is 35.4 Å². The van der Waals surface area contributed by atoms with E-state index in [2.05, 4.69) is 4.98 Å². The smallest absolute Gasteiger partial charge is 0.284 e. The summed E-state index contributed by atoms with van der Waals surface area (Å²) >= 11 is 0. The molecule has 0 aliphatic carbocycles. The number of halogens is 1. The summed E-state index contributed by atoms with van der Waals surface area (Å²) in [5.41, 5.74) is 10.6. The van der Waals surface area contributed by atoms with E-state index in [-0.39, 0.29) is 48.8 Å². The van der Waals surface area contributed by atoms with Gasteiger partial charge in [-0.25, -0.2) is 9.37 Å². The molecule has 3 aromatic rings. The number of nitrogens with zero attached hydrogens (tertiary/aromatic N) is 2. The summed E-state index contributed by atoms with van der Waals surface area (Å²) in [6.07, 6.45) is -1.50. The molecule has 4 N–H and O–H groups in total. The van der Waals surface area contributed by atoms with Crippen LogP contribution >= 0.6 is 0 Å². The number of carbonyl (C=O) groups excluding carboxylic acids is 2. The van der Waals surface area contributed by atoms with E-state index in [1.165, 1.54) is 13.2 Å². The molecular weight excluding hydrogens is 463 g/mol. The first-order chi connectivity index (χ1) is 16.8. The Morgan fingerprint density at radius 2 is 2.00 bits per heavy atom. The van der Waals surface area contributed by atoms with Crippen molar-refractivity contribution >= 4 is 22.7 Å². The molecule has 184 valence electrons. The second-order valence-corrected chi connectivity index (χ2v) is 7.80. The topological polar surface area (TPSA) is 158 Å². The normalized spacial score (nSPS) is 17.8. The lowest BCUT2D eigenvalue weighted by molar-refractivity contribution is -0.161. The molecule has 2 amide bonds. The maximum absolute atomic E-state index is 14.8. The average Bonchev–Trinajstić information content (AvgIpc) is 2.85. The van der Waals surface area contributed by atoms with Crippen molar-refractivity contribution in [1.82, 2.24) is 9.55 Å². The Hall–Kier alpha value is -4.03. The van der Waals surface area contributed by atoms with Gasteiger partial charge in [0.05, 0.1) is 32.4 Å². The second-order valence-electron chi connectivity index (χ2n) is 7.80. The number of nitrogens with two attached hydrogens (primary N) is 2. The Bertz CT molecular complexity index is 1340. The number of rotatable bonds is 8. The Morgan fingerprint density at radius 3 is 2.66 bits per heavy atom. The Kier molecular flexibility index (Phi) is 6.94. The van der Waals surface area contributed by atoms with Gasteiger partial charge < -0.3 is 30.4 Å². The number of hydrogen-bond acceptors (Lipinski definition) is 8. The molecule has 11 nitrogen and oxygen atoms in total. The van der Waals surface area contributed by atoms with Crippen LogP contribution in [0.15, 0.2) is 41.2 Å². The lowest BCUT2D eigenvalue weighted by atomic mass is 10.1. The number of benzene rings is 2. The number of amides is 2. The van der Waals surface area contributed by atoms with Gasteiger partial charge in [-0.2, -0.15) is 0 Å². The first kappa shape index (κ1) is 24.1. The molecule has 2 heterocycles. The van der Waals surface area contributed by atoms with Crippen LogP contribution in [-0.2, 0) is 20.8 Å². The molecule has 2 aromatic carbocycles. The largest absolute Gasteiger partial charge is 0.497 e. The summed E-state index contributed by atoms with van der Waals surface area (Å²) < 4.78 is 37.5. The number of aromatic nitrogens is 2. The number of carbonyl (C=O) groups is 2. The standard InChI is InChI=1S/C23H23FN4O7/c1-32-13-4-2-3-12(7-13)8-28-22(21(26)30)27-16-6-5-15(24)19(18(16)23(28)31)35-10-14-9-34-17(11-33-14)20(25)29/h2-7,14,17H,8-11H2,1H3,(H2,25,29)(H2,26,30). The Balaban J connectivity index is 1.70. The van der Waals surface area contributed by atoms with Crippen molar-refractivity contribution in [2.24, 2.45) is 11.5 Å². The fourth-order valence-corrected chi connectivity index (χ4v) is 3.66. The van der Waals surface area contributed by atoms with Crippen molar-refractivity contribution in [3.8, 4) is 11.5 Å². The molecular formula is C23H23FN4O7. The van der Waals surface area contributed by atoms with Crippen molar-refractivity contribution in [2.45, 2.75) is 18.8 Å². The molecule has 1 aliphatic heterocycles. The zero-order chi connectivity index (χ0) is 25.1. The average molecular weight is 486 g/mol. The monoisotopic (exact) mass is 486 g/mol. The van der Waals surface area contributed by atoms with Crippen molar-refractivity contribution < 1.29 is 32.9 Å². The van der Waals surface area contributed by atoms with Crippen LogP contribution in [0.25, 0.3) is 10.9 Å². The van der Waals surface area contributed by atoms with Crippen LogP contribution in [0.5, 0.6) is 11.5 Å². The molecule has 1 aliphatic rings. The third kappa shape index (κ3) is 5.08. The van der Waals surface area contributed by atoms with Gasteiger partial charge in [-0.3, -0.25) is 19.0 Å². The Labute approximate surface area is 198 Å². The van der Waals surface area contributed by atoms with E-state index in [9.17, 15) is 18.8 Å². The summed E-state index contributed by atoms with van der Waals surface area (Å²) in [7, 11) is 1.50. The number of methoxy groups -OCH3 is 1. The van der Waals surface area contributed by atoms with Crippen LogP contribution in [0.4, 0.5) is 4.39 Å². The van der Waals surface area contributed by atoms with E-state index >= 15 is 0 Å². The summed E-state index contributed by atoms with van der Waals surface area (Å²) in [6, 6.07) is 9.20. The number of fused-ring (bicyclic) bond motifs is 1. The highest BCUT2D eigenvalue weighted by Crippen LogP contribution is 2.27. The third-order valence-electron chi connectivity index (χ3n) is 5.42. The predicted octanol–water partition coefficient (Wildman–Crippen LogP) is 0.340. The van der Waals surface area contributed by atoms with Gasteiger partial charge in [-0.05, 0) is 29.8 Å². The van der Waals surface area contributed by atoms with Crippen LogP contribution in [0, 0.1) is 5.82 Å². The first-order valence-electron chi connectivity index (χ1n) is 10.6. The lowest BCUT2D eigenvalue weighted by Gasteiger charge is -2.27. The minimum absolute atomic E-state index is 0.00978. The fourth-order valence-electron chi connectivity index (χ4n) is 3.66. The van der Waals surface area contributed by atoms with Crippen molar-refractivity contribution in [3.63, 3.8) is 0 Å². The molecule has 1 saturated heterocycles. The van der Waals surface area contributed by atoms with Crippen LogP contribution in [0.3, 0.4) is 0 Å². The highest BCUT2D eigenvalue weighted by molar-refractivity contribution is 5.93. The van der Waals surface area contributed by atoms with Gasteiger partial charge in [0.1, 0.15) is 23.8 Å². The SMILES string of the molecule is COc1cccc(Cn2c(C(N)=O)nc3ccc(F)c(OCC4COC(C(N)=O)CO4)c3c2=O)c1. The zero-order valence-corrected chi connectivity index (χ0v) is 18.7. The van der Waals surface area contributed by atoms with Gasteiger partial charge in [-0.1, -0.05) is 12.1 Å². The summed E-state index contributed by atoms with van der Waals surface area (Å²) in [5.74, 6) is -2.47. The molecule has 0 saturated carbocycles. The minimum Gasteiger partial charge on any atom is -0.497 e. The van der Waals surface area contributed by atoms with E-state index in [0.29, 0.717) is 11.3 Å². The maximum atomic E-state index is 14.8. The molecule has 1 aromatic heterocycles. The number of ether oxygens (including phenoxy) is 4. The number of primary amides is 2. The van der Waals surface area contributed by atoms with Gasteiger partial charge in [0.25, 0.3) is 11.5 Å². The molecule has 2 unspecified atom stereocenters. The second kappa shape index (κ2) is 10.1. The van der Waals surface area contributed by atoms with Crippen molar-refractivity contribution in [1.29, 1.82) is 0 Å². The summed E-state index contributed by atoms with van der Waals surface area (Å²) in [4.78, 5) is 41.0. The van der Waals surface area contributed by atoms with Gasteiger partial charge >= 0.3 is 0 Å². The molecule has 35 heavy (non-hydrogen) atoms. The van der Waals surface area contributed by atoms with Crippen LogP contribution in [-0.4, -0.2) is 60.5 Å². The molecule has 1 fully saturated rings. The zero-order valence-electron chi connectivity index (χ0n) is 18.7. The molecule has 0 spiro atoms. The third-order valence-corrected chi connectivity index (χ3v) is 5.42. The minimum atomic E-state index is -0.921. The molecule has 0 bridgehead atoms. The van der Waals surface area contributed by atoms with E-state index in [0.717, 1.165) is 10.6 Å². The predicted molar refractivity (Wildman–Crippen MR) is 121 cm³/mol. The summed E-state index contributed by atoms with van der Waals surface area (Å²) in [5, 5.41) is -0.162. The number of hydrogen-bond donors (Lipinski definition) is 2. The van der Waals surface area contributed by atoms with E-state index in [4.69, 9.17) is 30.4 Å². The maximum Gasteiger partial charge on any atom is 0.284 e. The molecule has 2 atom stereocenters. The van der Waals surface area contributed by atoms with Crippen LogP contribution < -0.4 is 26.5 Å². The van der Waals surface area contributed by atoms with Gasteiger partial charge in [0.15, 0.2) is 17.7 Å². The quantitative estimate of drug-likeness (QED) is 0.461. The van der Waals surface area contributed by atoms with Crippen LogP contribution in [0.2, 0.25) is 0 Å². The van der Waals surface area contributed by atoms with Crippen LogP contribution in [0.1, 0.15) is 16.2 Å². The fraction of sp³-hybridized carbons (Fsp3) is 0.304. The van der Waals surface area contributed by atoms with Crippen molar-refractivity contribution in [3.05, 3.63) is 64.0 Å². The highest BCUT2D eigenvalue weighted by atomic mass is 19.1. The van der Waals surface area contributed by atoms with E-state index in [1.807, 2.05) is 0 Å². The molecule has 0 radical (unpaired) electrons. The van der Waals surface area contributed by atoms with Gasteiger partial charge in [-0.15, -0.1) is 0 Å². The van der Waals surface area contributed by atoms with E-state index in [1.54, 1.807) is 24.3 Å².